The fourth-order valence-electron chi connectivity index (χ4n) is 2.15. The highest BCUT2D eigenvalue weighted by atomic mass is 16.2. The van der Waals surface area contributed by atoms with Gasteiger partial charge in [-0.2, -0.15) is 5.26 Å². The van der Waals surface area contributed by atoms with Crippen LogP contribution in [-0.2, 0) is 4.79 Å². The minimum Gasteiger partial charge on any atom is -0.337 e. The van der Waals surface area contributed by atoms with Crippen LogP contribution in [0.1, 0.15) is 34.1 Å². The van der Waals surface area contributed by atoms with Crippen LogP contribution in [0, 0.1) is 23.2 Å². The van der Waals surface area contributed by atoms with Gasteiger partial charge in [-0.3, -0.25) is 9.69 Å². The van der Waals surface area contributed by atoms with Crippen molar-refractivity contribution in [1.82, 2.24) is 10.2 Å². The number of nitrogens with two attached hydrogens (primary N) is 1. The summed E-state index contributed by atoms with van der Waals surface area (Å²) in [6.07, 6.45) is 1.02. The van der Waals surface area contributed by atoms with E-state index in [9.17, 15) is 10.1 Å². The van der Waals surface area contributed by atoms with E-state index in [0.29, 0.717) is 12.5 Å². The van der Waals surface area contributed by atoms with Crippen LogP contribution in [0.4, 0.5) is 0 Å². The molecule has 1 rings (SSSR count). The number of nitrogens with zero attached hydrogens (tertiary/aromatic N) is 2. The average Bonchev–Trinajstić information content (AvgIpc) is 2.33. The van der Waals surface area contributed by atoms with E-state index in [2.05, 4.69) is 23.2 Å². The number of hydrogen-bond donors (Lipinski definition) is 2. The molecule has 3 atom stereocenters. The Morgan fingerprint density at radius 3 is 2.74 bits per heavy atom. The maximum Gasteiger partial charge on any atom is 0.235 e. The van der Waals surface area contributed by atoms with Gasteiger partial charge in [0.05, 0.1) is 12.6 Å². The fourth-order valence-corrected chi connectivity index (χ4v) is 2.15. The molecule has 1 aliphatic heterocycles. The molecule has 1 saturated heterocycles. The van der Waals surface area contributed by atoms with Crippen LogP contribution in [0.25, 0.3) is 0 Å². The summed E-state index contributed by atoms with van der Waals surface area (Å²) in [5, 5.41) is 12.0. The van der Waals surface area contributed by atoms with E-state index in [1.54, 1.807) is 6.92 Å². The molecular formula is C14H26N4O. The highest BCUT2D eigenvalue weighted by Crippen LogP contribution is 2.17. The van der Waals surface area contributed by atoms with Gasteiger partial charge < -0.3 is 11.1 Å². The minimum atomic E-state index is -0.803. The fraction of sp³-hybridized carbons (Fsp3) is 0.857. The maximum atomic E-state index is 12.0. The lowest BCUT2D eigenvalue weighted by molar-refractivity contribution is -0.124. The quantitative estimate of drug-likeness (QED) is 0.785. The van der Waals surface area contributed by atoms with Gasteiger partial charge in [0.1, 0.15) is 5.54 Å². The molecule has 1 heterocycles. The van der Waals surface area contributed by atoms with Crippen molar-refractivity contribution in [3.63, 3.8) is 0 Å². The minimum absolute atomic E-state index is 0.0742. The molecule has 0 aromatic heterocycles. The molecule has 5 heteroatoms. The Morgan fingerprint density at radius 1 is 1.63 bits per heavy atom. The van der Waals surface area contributed by atoms with Crippen LogP contribution in [0.3, 0.4) is 0 Å². The normalized spacial score (nSPS) is 27.6. The number of rotatable bonds is 4. The standard InChI is InChI=1S/C14H26N4O/c1-10(2)14(4,9-15)17-13(19)8-18-6-5-11(3)12(16)7-18/h10-12H,5-8,16H2,1-4H3,(H,17,19). The molecule has 19 heavy (non-hydrogen) atoms. The van der Waals surface area contributed by atoms with Crippen molar-refractivity contribution in [1.29, 1.82) is 5.26 Å². The monoisotopic (exact) mass is 266 g/mol. The van der Waals surface area contributed by atoms with Crippen molar-refractivity contribution in [3.8, 4) is 6.07 Å². The Bertz CT molecular complexity index is 363. The SMILES string of the molecule is CC1CCN(CC(=O)NC(C)(C#N)C(C)C)CC1N. The number of amides is 1. The second kappa shape index (κ2) is 6.36. The highest BCUT2D eigenvalue weighted by Gasteiger charge is 2.31. The molecule has 0 spiro atoms. The van der Waals surface area contributed by atoms with E-state index in [1.165, 1.54) is 0 Å². The molecule has 0 aliphatic carbocycles. The highest BCUT2D eigenvalue weighted by molar-refractivity contribution is 5.79. The van der Waals surface area contributed by atoms with Gasteiger partial charge in [0.15, 0.2) is 0 Å². The third-order valence-electron chi connectivity index (χ3n) is 4.25. The smallest absolute Gasteiger partial charge is 0.235 e. The predicted molar refractivity (Wildman–Crippen MR) is 75.2 cm³/mol. The average molecular weight is 266 g/mol. The molecule has 3 unspecified atom stereocenters. The lowest BCUT2D eigenvalue weighted by Crippen LogP contribution is -2.54. The third-order valence-corrected chi connectivity index (χ3v) is 4.25. The van der Waals surface area contributed by atoms with E-state index < -0.39 is 5.54 Å². The number of carbonyl (C=O) groups is 1. The van der Waals surface area contributed by atoms with Crippen molar-refractivity contribution in [2.75, 3.05) is 19.6 Å². The summed E-state index contributed by atoms with van der Waals surface area (Å²) in [7, 11) is 0. The van der Waals surface area contributed by atoms with E-state index in [0.717, 1.165) is 19.5 Å². The molecule has 1 fully saturated rings. The number of carbonyl (C=O) groups excluding carboxylic acids is 1. The van der Waals surface area contributed by atoms with Gasteiger partial charge in [0.25, 0.3) is 0 Å². The first-order valence-corrected chi connectivity index (χ1v) is 6.98. The van der Waals surface area contributed by atoms with Crippen LogP contribution in [0.15, 0.2) is 0 Å². The number of nitrogens with one attached hydrogen (secondary N) is 1. The van der Waals surface area contributed by atoms with Crippen LogP contribution in [-0.4, -0.2) is 42.0 Å². The topological polar surface area (TPSA) is 82.2 Å². The number of likely N-dealkylation sites (tertiary alicyclic amines) is 1. The first-order chi connectivity index (χ1) is 8.78. The molecule has 3 N–H and O–H groups in total. The molecule has 1 aliphatic rings. The Hall–Kier alpha value is -1.12. The van der Waals surface area contributed by atoms with Crippen LogP contribution in [0.5, 0.6) is 0 Å². The van der Waals surface area contributed by atoms with Crippen molar-refractivity contribution >= 4 is 5.91 Å². The van der Waals surface area contributed by atoms with Gasteiger partial charge in [-0.15, -0.1) is 0 Å². The second-order valence-corrected chi connectivity index (χ2v) is 6.18. The van der Waals surface area contributed by atoms with E-state index in [4.69, 9.17) is 5.73 Å². The van der Waals surface area contributed by atoms with Crippen molar-refractivity contribution in [3.05, 3.63) is 0 Å². The summed E-state index contributed by atoms with van der Waals surface area (Å²) in [5.74, 6) is 0.490. The Balaban J connectivity index is 2.50. The summed E-state index contributed by atoms with van der Waals surface area (Å²) in [6.45, 7) is 9.74. The zero-order valence-electron chi connectivity index (χ0n) is 12.4. The van der Waals surface area contributed by atoms with Gasteiger partial charge in [-0.05, 0) is 31.7 Å². The van der Waals surface area contributed by atoms with Gasteiger partial charge in [-0.1, -0.05) is 20.8 Å². The Kier molecular flexibility index (Phi) is 5.33. The zero-order valence-corrected chi connectivity index (χ0v) is 12.4. The summed E-state index contributed by atoms with van der Waals surface area (Å²) in [4.78, 5) is 14.1. The molecular weight excluding hydrogens is 240 g/mol. The van der Waals surface area contributed by atoms with Gasteiger partial charge in [0, 0.05) is 12.6 Å². The molecule has 0 aromatic carbocycles. The summed E-state index contributed by atoms with van der Waals surface area (Å²) in [5.41, 5.74) is 5.22. The van der Waals surface area contributed by atoms with Gasteiger partial charge in [-0.25, -0.2) is 0 Å². The van der Waals surface area contributed by atoms with E-state index in [1.807, 2.05) is 13.8 Å². The molecule has 108 valence electrons. The molecule has 0 aromatic rings. The van der Waals surface area contributed by atoms with E-state index >= 15 is 0 Å². The summed E-state index contributed by atoms with van der Waals surface area (Å²) in [6, 6.07) is 2.32. The van der Waals surface area contributed by atoms with E-state index in [-0.39, 0.29) is 17.9 Å². The van der Waals surface area contributed by atoms with Gasteiger partial charge in [0.2, 0.25) is 5.91 Å². The Labute approximate surface area is 116 Å². The molecule has 0 saturated carbocycles. The molecule has 1 amide bonds. The summed E-state index contributed by atoms with van der Waals surface area (Å²) >= 11 is 0. The summed E-state index contributed by atoms with van der Waals surface area (Å²) < 4.78 is 0. The largest absolute Gasteiger partial charge is 0.337 e. The van der Waals surface area contributed by atoms with Crippen molar-refractivity contribution in [2.45, 2.75) is 45.7 Å². The van der Waals surface area contributed by atoms with Crippen molar-refractivity contribution in [2.24, 2.45) is 17.6 Å². The third kappa shape index (κ3) is 4.19. The van der Waals surface area contributed by atoms with Crippen LogP contribution in [0.2, 0.25) is 0 Å². The number of hydrogen-bond acceptors (Lipinski definition) is 4. The van der Waals surface area contributed by atoms with Crippen molar-refractivity contribution < 1.29 is 4.79 Å². The zero-order chi connectivity index (χ0) is 14.6. The first-order valence-electron chi connectivity index (χ1n) is 6.98. The number of nitriles is 1. The van der Waals surface area contributed by atoms with Gasteiger partial charge >= 0.3 is 0 Å². The predicted octanol–water partition coefficient (Wildman–Crippen LogP) is 0.710. The maximum absolute atomic E-state index is 12.0. The van der Waals surface area contributed by atoms with Crippen LogP contribution >= 0.6 is 0 Å². The second-order valence-electron chi connectivity index (χ2n) is 6.18. The molecule has 5 nitrogen and oxygen atoms in total. The first kappa shape index (κ1) is 15.9. The molecule has 0 radical (unpaired) electrons. The lowest BCUT2D eigenvalue weighted by Gasteiger charge is -2.35. The van der Waals surface area contributed by atoms with Crippen LogP contribution < -0.4 is 11.1 Å². The number of piperidine rings is 1. The molecule has 0 bridgehead atoms. The Morgan fingerprint density at radius 2 is 2.26 bits per heavy atom. The lowest BCUT2D eigenvalue weighted by atomic mass is 9.90.